The van der Waals surface area contributed by atoms with Crippen LogP contribution < -0.4 is 0 Å². The number of rotatable bonds is 2. The third-order valence-electron chi connectivity index (χ3n) is 3.30. The van der Waals surface area contributed by atoms with Gasteiger partial charge in [-0.1, -0.05) is 0 Å². The number of carbonyl (C=O) groups is 1. The Hall–Kier alpha value is -2.49. The van der Waals surface area contributed by atoms with Crippen molar-refractivity contribution in [3.05, 3.63) is 39.7 Å². The van der Waals surface area contributed by atoms with Crippen LogP contribution in [0.1, 0.15) is 29.6 Å². The minimum atomic E-state index is -0.817. The van der Waals surface area contributed by atoms with E-state index < -0.39 is 22.7 Å². The summed E-state index contributed by atoms with van der Waals surface area (Å²) in [6.07, 6.45) is 2.11. The average molecular weight is 277 g/mol. The van der Waals surface area contributed by atoms with E-state index >= 15 is 0 Å². The standard InChI is InChI=1S/C13H12FN3O3/c14-12-5-4-9(17(19)20)7-11(12)13(18)16-6-2-1-3-10(16)8-15/h4-5,7,10H,1-3,6H2. The zero-order valence-corrected chi connectivity index (χ0v) is 10.6. The molecule has 6 nitrogen and oxygen atoms in total. The lowest BCUT2D eigenvalue weighted by Gasteiger charge is -2.31. The van der Waals surface area contributed by atoms with Crippen LogP contribution in [-0.4, -0.2) is 28.3 Å². The van der Waals surface area contributed by atoms with Gasteiger partial charge in [0.15, 0.2) is 0 Å². The lowest BCUT2D eigenvalue weighted by molar-refractivity contribution is -0.384. The lowest BCUT2D eigenvalue weighted by Crippen LogP contribution is -2.43. The Bertz CT molecular complexity index is 597. The van der Waals surface area contributed by atoms with Crippen molar-refractivity contribution in [2.45, 2.75) is 25.3 Å². The average Bonchev–Trinajstić information content (AvgIpc) is 2.46. The Balaban J connectivity index is 2.35. The largest absolute Gasteiger partial charge is 0.323 e. The number of piperidine rings is 1. The number of nitro groups is 1. The molecule has 1 atom stereocenters. The number of hydrogen-bond acceptors (Lipinski definition) is 4. The maximum atomic E-state index is 13.7. The number of benzene rings is 1. The van der Waals surface area contributed by atoms with Gasteiger partial charge in [0.2, 0.25) is 0 Å². The highest BCUT2D eigenvalue weighted by Gasteiger charge is 2.29. The van der Waals surface area contributed by atoms with Gasteiger partial charge in [0, 0.05) is 18.7 Å². The predicted molar refractivity (Wildman–Crippen MR) is 67.3 cm³/mol. The molecule has 0 spiro atoms. The number of carbonyl (C=O) groups excluding carboxylic acids is 1. The van der Waals surface area contributed by atoms with Crippen molar-refractivity contribution < 1.29 is 14.1 Å². The quantitative estimate of drug-likeness (QED) is 0.612. The van der Waals surface area contributed by atoms with Gasteiger partial charge in [-0.2, -0.15) is 5.26 Å². The molecule has 0 N–H and O–H groups in total. The summed E-state index contributed by atoms with van der Waals surface area (Å²) in [7, 11) is 0. The Morgan fingerprint density at radius 3 is 2.90 bits per heavy atom. The van der Waals surface area contributed by atoms with Crippen molar-refractivity contribution in [3.8, 4) is 6.07 Å². The molecule has 1 aliphatic rings. The maximum Gasteiger partial charge on any atom is 0.270 e. The van der Waals surface area contributed by atoms with Crippen molar-refractivity contribution in [2.75, 3.05) is 6.54 Å². The first-order valence-corrected chi connectivity index (χ1v) is 6.19. The fourth-order valence-corrected chi connectivity index (χ4v) is 2.25. The summed E-state index contributed by atoms with van der Waals surface area (Å²) in [6.45, 7) is 0.360. The summed E-state index contributed by atoms with van der Waals surface area (Å²) in [5.74, 6) is -1.49. The monoisotopic (exact) mass is 277 g/mol. The minimum Gasteiger partial charge on any atom is -0.323 e. The molecule has 0 aromatic heterocycles. The first-order chi connectivity index (χ1) is 9.54. The number of amides is 1. The number of nitro benzene ring substituents is 1. The summed E-state index contributed by atoms with van der Waals surface area (Å²) >= 11 is 0. The van der Waals surface area contributed by atoms with Gasteiger partial charge in [0.05, 0.1) is 16.6 Å². The SMILES string of the molecule is N#CC1CCCCN1C(=O)c1cc([N+](=O)[O-])ccc1F. The Kier molecular flexibility index (Phi) is 3.94. The number of non-ortho nitro benzene ring substituents is 1. The van der Waals surface area contributed by atoms with E-state index in [0.717, 1.165) is 31.0 Å². The van der Waals surface area contributed by atoms with E-state index in [1.165, 1.54) is 4.90 Å². The number of nitrogens with zero attached hydrogens (tertiary/aromatic N) is 3. The van der Waals surface area contributed by atoms with E-state index in [4.69, 9.17) is 5.26 Å². The Morgan fingerprint density at radius 1 is 1.50 bits per heavy atom. The molecule has 1 heterocycles. The lowest BCUT2D eigenvalue weighted by atomic mass is 10.0. The maximum absolute atomic E-state index is 13.7. The van der Waals surface area contributed by atoms with Crippen LogP contribution in [0.4, 0.5) is 10.1 Å². The smallest absolute Gasteiger partial charge is 0.270 e. The van der Waals surface area contributed by atoms with Crippen LogP contribution >= 0.6 is 0 Å². The molecular formula is C13H12FN3O3. The van der Waals surface area contributed by atoms with Gasteiger partial charge in [0.1, 0.15) is 11.9 Å². The molecule has 2 rings (SSSR count). The molecule has 1 aromatic carbocycles. The highest BCUT2D eigenvalue weighted by Crippen LogP contribution is 2.23. The van der Waals surface area contributed by atoms with Crippen LogP contribution in [0.15, 0.2) is 18.2 Å². The molecule has 0 bridgehead atoms. The van der Waals surface area contributed by atoms with Crippen LogP contribution in [-0.2, 0) is 0 Å². The van der Waals surface area contributed by atoms with Gasteiger partial charge >= 0.3 is 0 Å². The molecule has 0 aliphatic carbocycles. The molecule has 1 unspecified atom stereocenters. The Labute approximate surface area is 114 Å². The van der Waals surface area contributed by atoms with Crippen molar-refractivity contribution in [2.24, 2.45) is 0 Å². The van der Waals surface area contributed by atoms with Crippen molar-refractivity contribution in [1.29, 1.82) is 5.26 Å². The second-order valence-corrected chi connectivity index (χ2v) is 4.56. The van der Waals surface area contributed by atoms with Crippen molar-refractivity contribution in [3.63, 3.8) is 0 Å². The second-order valence-electron chi connectivity index (χ2n) is 4.56. The Morgan fingerprint density at radius 2 is 2.25 bits per heavy atom. The van der Waals surface area contributed by atoms with Crippen LogP contribution in [0.5, 0.6) is 0 Å². The molecule has 1 aliphatic heterocycles. The van der Waals surface area contributed by atoms with Crippen molar-refractivity contribution >= 4 is 11.6 Å². The zero-order valence-electron chi connectivity index (χ0n) is 10.6. The fraction of sp³-hybridized carbons (Fsp3) is 0.385. The minimum absolute atomic E-state index is 0.347. The normalized spacial score (nSPS) is 18.4. The summed E-state index contributed by atoms with van der Waals surface area (Å²) in [5, 5.41) is 19.7. The van der Waals surface area contributed by atoms with E-state index in [1.807, 2.05) is 6.07 Å². The summed E-state index contributed by atoms with van der Waals surface area (Å²) in [5.41, 5.74) is -0.707. The molecule has 104 valence electrons. The van der Waals surface area contributed by atoms with E-state index in [1.54, 1.807) is 0 Å². The molecular weight excluding hydrogens is 265 g/mol. The van der Waals surface area contributed by atoms with E-state index in [9.17, 15) is 19.3 Å². The molecule has 20 heavy (non-hydrogen) atoms. The molecule has 1 fully saturated rings. The molecule has 1 saturated heterocycles. The van der Waals surface area contributed by atoms with E-state index in [0.29, 0.717) is 13.0 Å². The van der Waals surface area contributed by atoms with E-state index in [-0.39, 0.29) is 11.3 Å². The van der Waals surface area contributed by atoms with Gasteiger partial charge in [-0.15, -0.1) is 0 Å². The predicted octanol–water partition coefficient (Wildman–Crippen LogP) is 2.25. The van der Waals surface area contributed by atoms with E-state index in [2.05, 4.69) is 0 Å². The molecule has 1 amide bonds. The van der Waals surface area contributed by atoms with Crippen molar-refractivity contribution in [1.82, 2.24) is 4.90 Å². The zero-order chi connectivity index (χ0) is 14.7. The van der Waals surface area contributed by atoms with Gasteiger partial charge in [-0.3, -0.25) is 14.9 Å². The summed E-state index contributed by atoms with van der Waals surface area (Å²) in [4.78, 5) is 23.6. The van der Waals surface area contributed by atoms with Crippen LogP contribution in [0.25, 0.3) is 0 Å². The highest BCUT2D eigenvalue weighted by molar-refractivity contribution is 5.95. The van der Waals surface area contributed by atoms with Crippen LogP contribution in [0.3, 0.4) is 0 Å². The fourth-order valence-electron chi connectivity index (χ4n) is 2.25. The number of nitriles is 1. The van der Waals surface area contributed by atoms with Gasteiger partial charge in [-0.05, 0) is 25.3 Å². The molecule has 7 heteroatoms. The molecule has 0 saturated carbocycles. The van der Waals surface area contributed by atoms with Gasteiger partial charge < -0.3 is 4.90 Å². The first-order valence-electron chi connectivity index (χ1n) is 6.19. The third-order valence-corrected chi connectivity index (χ3v) is 3.30. The van der Waals surface area contributed by atoms with Gasteiger partial charge in [-0.25, -0.2) is 4.39 Å². The highest BCUT2D eigenvalue weighted by atomic mass is 19.1. The van der Waals surface area contributed by atoms with Crippen LogP contribution in [0.2, 0.25) is 0 Å². The van der Waals surface area contributed by atoms with Gasteiger partial charge in [0.25, 0.3) is 11.6 Å². The molecule has 1 aromatic rings. The number of likely N-dealkylation sites (tertiary alicyclic amines) is 1. The number of halogens is 1. The first kappa shape index (κ1) is 13.9. The summed E-state index contributed by atoms with van der Waals surface area (Å²) in [6, 6.07) is 4.23. The third kappa shape index (κ3) is 2.59. The molecule has 0 radical (unpaired) electrons. The second kappa shape index (κ2) is 5.65. The topological polar surface area (TPSA) is 87.2 Å². The summed E-state index contributed by atoms with van der Waals surface area (Å²) < 4.78 is 13.7. The number of hydrogen-bond donors (Lipinski definition) is 0. The van der Waals surface area contributed by atoms with Crippen LogP contribution in [0, 0.1) is 27.3 Å².